The smallest absolute Gasteiger partial charge is 0.115 e. The quantitative estimate of drug-likeness (QED) is 0.802. The van der Waals surface area contributed by atoms with Gasteiger partial charge in [-0.3, -0.25) is 0 Å². The van der Waals surface area contributed by atoms with Crippen molar-refractivity contribution in [2.75, 3.05) is 13.2 Å². The van der Waals surface area contributed by atoms with Crippen molar-refractivity contribution in [3.63, 3.8) is 0 Å². The first kappa shape index (κ1) is 17.4. The molecule has 1 aromatic carbocycles. The zero-order chi connectivity index (χ0) is 17.6. The van der Waals surface area contributed by atoms with Gasteiger partial charge in [0.1, 0.15) is 5.75 Å². The van der Waals surface area contributed by atoms with Crippen molar-refractivity contribution in [2.24, 2.45) is 23.2 Å². The largest absolute Gasteiger partial charge is 0.508 e. The normalized spacial score (nSPS) is 39.6. The molecule has 0 spiro atoms. The van der Waals surface area contributed by atoms with Crippen LogP contribution >= 0.6 is 0 Å². The van der Waals surface area contributed by atoms with Crippen LogP contribution in [0.3, 0.4) is 0 Å². The van der Waals surface area contributed by atoms with Gasteiger partial charge in [0.15, 0.2) is 0 Å². The van der Waals surface area contributed by atoms with Gasteiger partial charge in [-0.05, 0) is 97.8 Å². The van der Waals surface area contributed by atoms with E-state index < -0.39 is 0 Å². The monoisotopic (exact) mass is 344 g/mol. The van der Waals surface area contributed by atoms with Crippen LogP contribution < -0.4 is 0 Å². The molecule has 0 bridgehead atoms. The zero-order valence-electron chi connectivity index (χ0n) is 15.6. The summed E-state index contributed by atoms with van der Waals surface area (Å²) in [5.74, 6) is 2.82. The van der Waals surface area contributed by atoms with E-state index in [2.05, 4.69) is 19.9 Å². The molecular weight excluding hydrogens is 312 g/mol. The molecule has 25 heavy (non-hydrogen) atoms. The van der Waals surface area contributed by atoms with E-state index in [-0.39, 0.29) is 11.5 Å². The van der Waals surface area contributed by atoms with Crippen molar-refractivity contribution in [1.29, 1.82) is 0 Å². The molecule has 0 aliphatic heterocycles. The number of aliphatic hydroxyl groups excluding tert-OH is 1. The van der Waals surface area contributed by atoms with Gasteiger partial charge in [0.05, 0.1) is 6.10 Å². The fraction of sp³-hybridized carbons (Fsp3) is 0.727. The van der Waals surface area contributed by atoms with Crippen LogP contribution in [-0.2, 0) is 11.2 Å². The molecule has 1 aromatic rings. The molecule has 3 nitrogen and oxygen atoms in total. The summed E-state index contributed by atoms with van der Waals surface area (Å²) in [5.41, 5.74) is 2.87. The lowest BCUT2D eigenvalue weighted by molar-refractivity contribution is -0.0541. The van der Waals surface area contributed by atoms with E-state index in [0.717, 1.165) is 38.9 Å². The SMILES string of the molecule is CCOCC[C@H]1CC2(C)C(O)CCC2C2CCc3cc(O)ccc3C21. The number of ether oxygens (including phenoxy) is 1. The number of aryl methyl sites for hydroxylation is 1. The highest BCUT2D eigenvalue weighted by Crippen LogP contribution is 2.63. The fourth-order valence-electron chi connectivity index (χ4n) is 6.51. The Bertz CT molecular complexity index is 628. The average molecular weight is 344 g/mol. The molecule has 0 radical (unpaired) electrons. The summed E-state index contributed by atoms with van der Waals surface area (Å²) in [6, 6.07) is 6.00. The minimum Gasteiger partial charge on any atom is -0.508 e. The second kappa shape index (κ2) is 6.59. The molecular formula is C22H32O3. The van der Waals surface area contributed by atoms with Crippen LogP contribution in [0.5, 0.6) is 5.75 Å². The van der Waals surface area contributed by atoms with Gasteiger partial charge in [0, 0.05) is 13.2 Å². The van der Waals surface area contributed by atoms with Crippen molar-refractivity contribution in [1.82, 2.24) is 0 Å². The number of rotatable bonds is 4. The molecule has 2 fully saturated rings. The van der Waals surface area contributed by atoms with Gasteiger partial charge < -0.3 is 14.9 Å². The minimum atomic E-state index is -0.144. The van der Waals surface area contributed by atoms with Crippen molar-refractivity contribution < 1.29 is 14.9 Å². The van der Waals surface area contributed by atoms with Gasteiger partial charge in [-0.1, -0.05) is 13.0 Å². The van der Waals surface area contributed by atoms with Crippen molar-refractivity contribution in [3.8, 4) is 5.75 Å². The van der Waals surface area contributed by atoms with Gasteiger partial charge in [0.25, 0.3) is 0 Å². The van der Waals surface area contributed by atoms with Gasteiger partial charge in [-0.25, -0.2) is 0 Å². The summed E-state index contributed by atoms with van der Waals surface area (Å²) in [6.45, 7) is 5.98. The van der Waals surface area contributed by atoms with E-state index in [1.165, 1.54) is 24.0 Å². The zero-order valence-corrected chi connectivity index (χ0v) is 15.6. The van der Waals surface area contributed by atoms with Crippen LogP contribution in [0.2, 0.25) is 0 Å². The first-order valence-electron chi connectivity index (χ1n) is 10.1. The van der Waals surface area contributed by atoms with Crippen LogP contribution in [-0.4, -0.2) is 29.5 Å². The lowest BCUT2D eigenvalue weighted by Crippen LogP contribution is -2.48. The topological polar surface area (TPSA) is 49.7 Å². The maximum atomic E-state index is 10.7. The molecule has 3 heteroatoms. The van der Waals surface area contributed by atoms with E-state index in [1.54, 1.807) is 0 Å². The molecule has 0 heterocycles. The van der Waals surface area contributed by atoms with Crippen molar-refractivity contribution >= 4 is 0 Å². The number of aromatic hydroxyl groups is 1. The van der Waals surface area contributed by atoms with Gasteiger partial charge in [-0.15, -0.1) is 0 Å². The Morgan fingerprint density at radius 3 is 2.88 bits per heavy atom. The Morgan fingerprint density at radius 1 is 1.24 bits per heavy atom. The third kappa shape index (κ3) is 2.80. The summed E-state index contributed by atoms with van der Waals surface area (Å²) in [6.07, 6.45) is 6.42. The number of benzene rings is 1. The number of hydrogen-bond acceptors (Lipinski definition) is 3. The lowest BCUT2D eigenvalue weighted by Gasteiger charge is -2.54. The molecule has 0 aromatic heterocycles. The number of aliphatic hydroxyl groups is 1. The predicted molar refractivity (Wildman–Crippen MR) is 98.7 cm³/mol. The summed E-state index contributed by atoms with van der Waals surface area (Å²) < 4.78 is 5.69. The lowest BCUT2D eigenvalue weighted by atomic mass is 9.51. The molecule has 2 N–H and O–H groups in total. The Kier molecular flexibility index (Phi) is 4.57. The summed E-state index contributed by atoms with van der Waals surface area (Å²) in [7, 11) is 0. The number of hydrogen-bond donors (Lipinski definition) is 2. The number of phenolic OH excluding ortho intramolecular Hbond substituents is 1. The average Bonchev–Trinajstić information content (AvgIpc) is 2.89. The summed E-state index contributed by atoms with van der Waals surface area (Å²) >= 11 is 0. The highest BCUT2D eigenvalue weighted by Gasteiger charge is 2.57. The molecule has 3 aliphatic rings. The molecule has 0 amide bonds. The Hall–Kier alpha value is -1.06. The fourth-order valence-corrected chi connectivity index (χ4v) is 6.51. The molecule has 4 rings (SSSR count). The first-order chi connectivity index (χ1) is 12.0. The van der Waals surface area contributed by atoms with Crippen LogP contribution in [0.4, 0.5) is 0 Å². The second-order valence-electron chi connectivity index (χ2n) is 8.77. The van der Waals surface area contributed by atoms with Crippen LogP contribution in [0, 0.1) is 23.2 Å². The van der Waals surface area contributed by atoms with Crippen molar-refractivity contribution in [2.45, 2.75) is 64.4 Å². The molecule has 0 saturated heterocycles. The maximum Gasteiger partial charge on any atom is 0.115 e. The third-order valence-corrected chi connectivity index (χ3v) is 7.62. The molecule has 5 unspecified atom stereocenters. The van der Waals surface area contributed by atoms with E-state index in [9.17, 15) is 10.2 Å². The first-order valence-corrected chi connectivity index (χ1v) is 10.1. The van der Waals surface area contributed by atoms with E-state index in [4.69, 9.17) is 4.74 Å². The van der Waals surface area contributed by atoms with E-state index in [0.29, 0.717) is 29.4 Å². The molecule has 6 atom stereocenters. The van der Waals surface area contributed by atoms with Crippen LogP contribution in [0.1, 0.15) is 63.0 Å². The highest BCUT2D eigenvalue weighted by atomic mass is 16.5. The van der Waals surface area contributed by atoms with Gasteiger partial charge >= 0.3 is 0 Å². The van der Waals surface area contributed by atoms with E-state index in [1.807, 2.05) is 12.1 Å². The predicted octanol–water partition coefficient (Wildman–Crippen LogP) is 4.26. The second-order valence-corrected chi connectivity index (χ2v) is 8.77. The van der Waals surface area contributed by atoms with Crippen LogP contribution in [0.25, 0.3) is 0 Å². The third-order valence-electron chi connectivity index (χ3n) is 7.62. The van der Waals surface area contributed by atoms with Gasteiger partial charge in [0.2, 0.25) is 0 Å². The number of phenols is 1. The Labute approximate surface area is 151 Å². The van der Waals surface area contributed by atoms with Crippen LogP contribution in [0.15, 0.2) is 18.2 Å². The van der Waals surface area contributed by atoms with Crippen molar-refractivity contribution in [3.05, 3.63) is 29.3 Å². The molecule has 3 aliphatic carbocycles. The Balaban J connectivity index is 1.70. The highest BCUT2D eigenvalue weighted by molar-refractivity contribution is 5.40. The van der Waals surface area contributed by atoms with Gasteiger partial charge in [-0.2, -0.15) is 0 Å². The maximum absolute atomic E-state index is 10.7. The van der Waals surface area contributed by atoms with E-state index >= 15 is 0 Å². The standard InChI is InChI=1S/C22H32O3/c1-3-25-11-10-15-13-22(2)19(8-9-20(22)24)18-6-4-14-12-16(23)5-7-17(14)21(15)18/h5,7,12,15,18-21,23-24H,3-4,6,8-11,13H2,1-2H3/t15-,18?,19?,20?,21?,22?/m0/s1. The molecule has 138 valence electrons. The number of fused-ring (bicyclic) bond motifs is 5. The summed E-state index contributed by atoms with van der Waals surface area (Å²) in [5, 5.41) is 20.6. The minimum absolute atomic E-state index is 0.0759. The summed E-state index contributed by atoms with van der Waals surface area (Å²) in [4.78, 5) is 0. The molecule has 2 saturated carbocycles. The Morgan fingerprint density at radius 2 is 2.08 bits per heavy atom.